The minimum absolute atomic E-state index is 0.238. The van der Waals surface area contributed by atoms with E-state index in [9.17, 15) is 4.79 Å². The molecule has 1 N–H and O–H groups in total. The zero-order chi connectivity index (χ0) is 12.7. The molecule has 1 aliphatic carbocycles. The summed E-state index contributed by atoms with van der Waals surface area (Å²) in [5.74, 6) is 0.681. The largest absolute Gasteiger partial charge is 0.358 e. The lowest BCUT2D eigenvalue weighted by molar-refractivity contribution is -0.120. The molecule has 3 rings (SSSR count). The molecule has 1 unspecified atom stereocenters. The zero-order valence-corrected chi connectivity index (χ0v) is 12.0. The van der Waals surface area contributed by atoms with Gasteiger partial charge in [-0.05, 0) is 49.9 Å². The van der Waals surface area contributed by atoms with Crippen LogP contribution in [-0.2, 0) is 11.2 Å². The van der Waals surface area contributed by atoms with Gasteiger partial charge in [0.15, 0.2) is 0 Å². The number of carbonyl (C=O) groups is 1. The van der Waals surface area contributed by atoms with Crippen LogP contribution in [0.5, 0.6) is 0 Å². The first kappa shape index (κ1) is 12.0. The SMILES string of the molecule is Cc1[nH]c2ccc(Br)cc2c1CC1CCCC1=O. The number of halogens is 1. The van der Waals surface area contributed by atoms with Crippen LogP contribution in [0.4, 0.5) is 0 Å². The van der Waals surface area contributed by atoms with Gasteiger partial charge in [-0.2, -0.15) is 0 Å². The summed E-state index contributed by atoms with van der Waals surface area (Å²) >= 11 is 3.52. The van der Waals surface area contributed by atoms with Gasteiger partial charge in [-0.1, -0.05) is 15.9 Å². The van der Waals surface area contributed by atoms with Crippen molar-refractivity contribution in [2.75, 3.05) is 0 Å². The second-order valence-electron chi connectivity index (χ2n) is 5.18. The van der Waals surface area contributed by atoms with Crippen molar-refractivity contribution in [3.05, 3.63) is 33.9 Å². The number of hydrogen-bond acceptors (Lipinski definition) is 1. The van der Waals surface area contributed by atoms with Crippen LogP contribution in [0.25, 0.3) is 10.9 Å². The van der Waals surface area contributed by atoms with Gasteiger partial charge in [0.2, 0.25) is 0 Å². The van der Waals surface area contributed by atoms with E-state index in [0.717, 1.165) is 35.7 Å². The average molecular weight is 306 g/mol. The van der Waals surface area contributed by atoms with Crippen molar-refractivity contribution >= 4 is 32.6 Å². The van der Waals surface area contributed by atoms with E-state index in [4.69, 9.17) is 0 Å². The molecule has 1 aromatic carbocycles. The van der Waals surface area contributed by atoms with Crippen LogP contribution in [0.3, 0.4) is 0 Å². The van der Waals surface area contributed by atoms with Crippen LogP contribution >= 0.6 is 15.9 Å². The van der Waals surface area contributed by atoms with Gasteiger partial charge in [-0.25, -0.2) is 0 Å². The summed E-state index contributed by atoms with van der Waals surface area (Å²) in [7, 11) is 0. The quantitative estimate of drug-likeness (QED) is 0.888. The molecule has 0 amide bonds. The Kier molecular flexibility index (Phi) is 3.02. The van der Waals surface area contributed by atoms with Crippen molar-refractivity contribution in [3.63, 3.8) is 0 Å². The summed E-state index contributed by atoms with van der Waals surface area (Å²) in [4.78, 5) is 15.2. The maximum Gasteiger partial charge on any atom is 0.136 e. The molecule has 0 bridgehead atoms. The van der Waals surface area contributed by atoms with Crippen molar-refractivity contribution in [1.82, 2.24) is 4.98 Å². The molecule has 1 fully saturated rings. The van der Waals surface area contributed by atoms with E-state index in [2.05, 4.69) is 40.0 Å². The topological polar surface area (TPSA) is 32.9 Å². The van der Waals surface area contributed by atoms with Crippen LogP contribution in [0, 0.1) is 12.8 Å². The highest BCUT2D eigenvalue weighted by Gasteiger charge is 2.26. The molecule has 0 aliphatic heterocycles. The molecule has 1 heterocycles. The van der Waals surface area contributed by atoms with Crippen molar-refractivity contribution in [3.8, 4) is 0 Å². The molecule has 1 aliphatic rings. The van der Waals surface area contributed by atoms with Crippen LogP contribution in [0.15, 0.2) is 22.7 Å². The third kappa shape index (κ3) is 2.01. The second kappa shape index (κ2) is 4.54. The lowest BCUT2D eigenvalue weighted by Gasteiger charge is -2.08. The number of carbonyl (C=O) groups excluding carboxylic acids is 1. The van der Waals surface area contributed by atoms with Gasteiger partial charge in [0.1, 0.15) is 5.78 Å². The third-order valence-electron chi connectivity index (χ3n) is 3.96. The van der Waals surface area contributed by atoms with E-state index in [-0.39, 0.29) is 5.92 Å². The molecule has 1 saturated carbocycles. The van der Waals surface area contributed by atoms with Crippen LogP contribution < -0.4 is 0 Å². The number of aromatic nitrogens is 1. The fraction of sp³-hybridized carbons (Fsp3) is 0.400. The molecule has 1 atom stereocenters. The maximum atomic E-state index is 11.8. The number of Topliss-reactive ketones (excluding diaryl/α,β-unsaturated/α-hetero) is 1. The lowest BCUT2D eigenvalue weighted by Crippen LogP contribution is -2.09. The van der Waals surface area contributed by atoms with Crippen molar-refractivity contribution < 1.29 is 4.79 Å². The van der Waals surface area contributed by atoms with E-state index in [0.29, 0.717) is 5.78 Å². The summed E-state index contributed by atoms with van der Waals surface area (Å²) < 4.78 is 1.09. The number of ketones is 1. The number of benzene rings is 1. The zero-order valence-electron chi connectivity index (χ0n) is 10.4. The van der Waals surface area contributed by atoms with Crippen molar-refractivity contribution in [1.29, 1.82) is 0 Å². The Morgan fingerprint density at radius 1 is 1.44 bits per heavy atom. The first-order chi connectivity index (χ1) is 8.65. The molecule has 3 heteroatoms. The Hall–Kier alpha value is -1.09. The first-order valence-electron chi connectivity index (χ1n) is 6.44. The van der Waals surface area contributed by atoms with E-state index in [1.165, 1.54) is 16.6 Å². The predicted molar refractivity (Wildman–Crippen MR) is 76.8 cm³/mol. The highest BCUT2D eigenvalue weighted by molar-refractivity contribution is 9.10. The predicted octanol–water partition coefficient (Wildman–Crippen LogP) is 4.15. The van der Waals surface area contributed by atoms with Crippen LogP contribution in [-0.4, -0.2) is 10.8 Å². The van der Waals surface area contributed by atoms with Crippen molar-refractivity contribution in [2.24, 2.45) is 5.92 Å². The highest BCUT2D eigenvalue weighted by Crippen LogP contribution is 2.31. The van der Waals surface area contributed by atoms with E-state index in [1.807, 2.05) is 6.07 Å². The Bertz CT molecular complexity index is 614. The van der Waals surface area contributed by atoms with Gasteiger partial charge in [-0.3, -0.25) is 4.79 Å². The van der Waals surface area contributed by atoms with E-state index >= 15 is 0 Å². The molecule has 0 radical (unpaired) electrons. The summed E-state index contributed by atoms with van der Waals surface area (Å²) in [6, 6.07) is 6.28. The minimum Gasteiger partial charge on any atom is -0.358 e. The fourth-order valence-corrected chi connectivity index (χ4v) is 3.33. The Balaban J connectivity index is 2.02. The Morgan fingerprint density at radius 3 is 3.00 bits per heavy atom. The van der Waals surface area contributed by atoms with Crippen LogP contribution in [0.1, 0.15) is 30.5 Å². The molecular formula is C15H16BrNO. The van der Waals surface area contributed by atoms with Gasteiger partial charge in [0.25, 0.3) is 0 Å². The Labute approximate surface area is 115 Å². The molecule has 2 aromatic rings. The third-order valence-corrected chi connectivity index (χ3v) is 4.46. The van der Waals surface area contributed by atoms with Crippen LogP contribution in [0.2, 0.25) is 0 Å². The smallest absolute Gasteiger partial charge is 0.136 e. The summed E-state index contributed by atoms with van der Waals surface area (Å²) in [6.07, 6.45) is 3.78. The molecule has 0 spiro atoms. The lowest BCUT2D eigenvalue weighted by atomic mass is 9.95. The molecule has 1 aromatic heterocycles. The minimum atomic E-state index is 0.238. The van der Waals surface area contributed by atoms with Gasteiger partial charge in [0.05, 0.1) is 0 Å². The second-order valence-corrected chi connectivity index (χ2v) is 6.09. The number of fused-ring (bicyclic) bond motifs is 1. The maximum absolute atomic E-state index is 11.8. The molecule has 18 heavy (non-hydrogen) atoms. The standard InChI is InChI=1S/C15H16BrNO/c1-9-12(7-10-3-2-4-15(10)18)13-8-11(16)5-6-14(13)17-9/h5-6,8,10,17H,2-4,7H2,1H3. The number of rotatable bonds is 2. The van der Waals surface area contributed by atoms with Gasteiger partial charge in [0, 0.05) is 33.4 Å². The fourth-order valence-electron chi connectivity index (χ4n) is 2.97. The van der Waals surface area contributed by atoms with Gasteiger partial charge >= 0.3 is 0 Å². The summed E-state index contributed by atoms with van der Waals surface area (Å²) in [5.41, 5.74) is 3.67. The number of aryl methyl sites for hydroxylation is 1. The summed E-state index contributed by atoms with van der Waals surface area (Å²) in [5, 5.41) is 1.25. The molecular weight excluding hydrogens is 290 g/mol. The highest BCUT2D eigenvalue weighted by atomic mass is 79.9. The normalized spacial score (nSPS) is 19.9. The van der Waals surface area contributed by atoms with E-state index in [1.54, 1.807) is 0 Å². The first-order valence-corrected chi connectivity index (χ1v) is 7.24. The molecule has 94 valence electrons. The number of aromatic amines is 1. The molecule has 2 nitrogen and oxygen atoms in total. The molecule has 0 saturated heterocycles. The summed E-state index contributed by atoms with van der Waals surface area (Å²) in [6.45, 7) is 2.10. The Morgan fingerprint density at radius 2 is 2.28 bits per heavy atom. The average Bonchev–Trinajstić information content (AvgIpc) is 2.86. The van der Waals surface area contributed by atoms with E-state index < -0.39 is 0 Å². The van der Waals surface area contributed by atoms with Gasteiger partial charge in [-0.15, -0.1) is 0 Å². The number of nitrogens with one attached hydrogen (secondary N) is 1. The number of hydrogen-bond donors (Lipinski definition) is 1. The number of H-pyrrole nitrogens is 1. The monoisotopic (exact) mass is 305 g/mol. The van der Waals surface area contributed by atoms with Crippen molar-refractivity contribution in [2.45, 2.75) is 32.6 Å². The van der Waals surface area contributed by atoms with Gasteiger partial charge < -0.3 is 4.98 Å².